The van der Waals surface area contributed by atoms with E-state index < -0.39 is 21.6 Å². The molecule has 0 bridgehead atoms. The van der Waals surface area contributed by atoms with Crippen molar-refractivity contribution < 1.29 is 27.5 Å². The molecular formula is C27H36BrN3O6S. The Hall–Kier alpha value is -2.79. The van der Waals surface area contributed by atoms with Gasteiger partial charge < -0.3 is 19.7 Å². The van der Waals surface area contributed by atoms with Gasteiger partial charge in [0.1, 0.15) is 19.3 Å². The highest BCUT2D eigenvalue weighted by molar-refractivity contribution is 9.10. The SMILES string of the molecule is CC(C(=O)NC(C)(C)C)N(Cc1cccc(Br)c1)C(=O)CCCN(c1ccc2c(c1)OCCO2)S(C)(=O)=O. The van der Waals surface area contributed by atoms with Gasteiger partial charge in [0.2, 0.25) is 21.8 Å². The van der Waals surface area contributed by atoms with E-state index in [1.54, 1.807) is 25.1 Å². The van der Waals surface area contributed by atoms with E-state index in [1.165, 1.54) is 9.21 Å². The van der Waals surface area contributed by atoms with Crippen LogP contribution in [0, 0.1) is 0 Å². The Morgan fingerprint density at radius 1 is 1.08 bits per heavy atom. The third kappa shape index (κ3) is 8.36. The smallest absolute Gasteiger partial charge is 0.242 e. The molecule has 1 heterocycles. The molecule has 0 spiro atoms. The molecule has 0 aromatic heterocycles. The summed E-state index contributed by atoms with van der Waals surface area (Å²) >= 11 is 3.45. The number of halogens is 1. The fraction of sp³-hybridized carbons (Fsp3) is 0.481. The van der Waals surface area contributed by atoms with Gasteiger partial charge >= 0.3 is 0 Å². The molecule has 38 heavy (non-hydrogen) atoms. The molecule has 208 valence electrons. The molecule has 11 heteroatoms. The fourth-order valence-electron chi connectivity index (χ4n) is 4.08. The third-order valence-electron chi connectivity index (χ3n) is 5.87. The Labute approximate surface area is 233 Å². The first-order valence-corrected chi connectivity index (χ1v) is 15.1. The molecule has 1 unspecified atom stereocenters. The number of amides is 2. The molecule has 3 rings (SSSR count). The average molecular weight is 611 g/mol. The Bertz CT molecular complexity index is 1260. The highest BCUT2D eigenvalue weighted by Gasteiger charge is 2.29. The third-order valence-corrected chi connectivity index (χ3v) is 7.56. The standard InChI is InChI=1S/C27H36BrN3O6S/c1-19(26(33)29-27(2,3)4)30(18-20-8-6-9-21(28)16-20)25(32)10-7-13-31(38(5,34)35)22-11-12-23-24(17-22)37-15-14-36-23/h6,8-9,11-12,16-17,19H,7,10,13-15,18H2,1-5H3,(H,29,33). The zero-order valence-corrected chi connectivity index (χ0v) is 24.9. The van der Waals surface area contributed by atoms with Gasteiger partial charge in [0.15, 0.2) is 11.5 Å². The summed E-state index contributed by atoms with van der Waals surface area (Å²) in [5, 5.41) is 2.94. The zero-order chi connectivity index (χ0) is 28.1. The molecule has 0 saturated heterocycles. The normalized spacial score (nSPS) is 13.9. The van der Waals surface area contributed by atoms with Crippen molar-refractivity contribution >= 4 is 43.5 Å². The largest absolute Gasteiger partial charge is 0.486 e. The van der Waals surface area contributed by atoms with Crippen LogP contribution in [-0.4, -0.2) is 62.7 Å². The fourth-order valence-corrected chi connectivity index (χ4v) is 5.48. The lowest BCUT2D eigenvalue weighted by Crippen LogP contribution is -2.52. The number of hydrogen-bond donors (Lipinski definition) is 1. The number of sulfonamides is 1. The summed E-state index contributed by atoms with van der Waals surface area (Å²) in [6.45, 7) is 8.52. The summed E-state index contributed by atoms with van der Waals surface area (Å²) in [4.78, 5) is 27.9. The molecule has 0 radical (unpaired) electrons. The summed E-state index contributed by atoms with van der Waals surface area (Å²) < 4.78 is 38.5. The number of hydrogen-bond acceptors (Lipinski definition) is 6. The molecule has 1 aliphatic heterocycles. The summed E-state index contributed by atoms with van der Waals surface area (Å²) in [6.07, 6.45) is 1.46. The number of benzene rings is 2. The van der Waals surface area contributed by atoms with Crippen LogP contribution in [0.4, 0.5) is 5.69 Å². The second-order valence-corrected chi connectivity index (χ2v) is 13.2. The minimum Gasteiger partial charge on any atom is -0.486 e. The van der Waals surface area contributed by atoms with Gasteiger partial charge in [-0.2, -0.15) is 0 Å². The predicted molar refractivity (Wildman–Crippen MR) is 151 cm³/mol. The average Bonchev–Trinajstić information content (AvgIpc) is 2.82. The lowest BCUT2D eigenvalue weighted by molar-refractivity contribution is -0.141. The van der Waals surface area contributed by atoms with Crippen LogP contribution in [-0.2, 0) is 26.2 Å². The molecule has 9 nitrogen and oxygen atoms in total. The van der Waals surface area contributed by atoms with E-state index in [2.05, 4.69) is 21.2 Å². The van der Waals surface area contributed by atoms with Crippen LogP contribution in [0.25, 0.3) is 0 Å². The van der Waals surface area contributed by atoms with E-state index in [0.717, 1.165) is 16.3 Å². The number of fused-ring (bicyclic) bond motifs is 1. The van der Waals surface area contributed by atoms with Gasteiger partial charge in [-0.1, -0.05) is 28.1 Å². The van der Waals surface area contributed by atoms with Crippen molar-refractivity contribution in [2.45, 2.75) is 58.7 Å². The minimum atomic E-state index is -3.62. The van der Waals surface area contributed by atoms with E-state index in [0.29, 0.717) is 30.4 Å². The molecule has 1 N–H and O–H groups in total. The first kappa shape index (κ1) is 29.8. The Morgan fingerprint density at radius 3 is 2.39 bits per heavy atom. The van der Waals surface area contributed by atoms with Crippen LogP contribution in [0.3, 0.4) is 0 Å². The van der Waals surface area contributed by atoms with Crippen LogP contribution < -0.4 is 19.1 Å². The first-order chi connectivity index (χ1) is 17.7. The maximum atomic E-state index is 13.4. The Kier molecular flexibility index (Phi) is 9.69. The summed E-state index contributed by atoms with van der Waals surface area (Å²) in [7, 11) is -3.62. The molecule has 0 saturated carbocycles. The summed E-state index contributed by atoms with van der Waals surface area (Å²) in [5.74, 6) is 0.554. The molecule has 2 aromatic rings. The van der Waals surface area contributed by atoms with Gasteiger partial charge in [0.25, 0.3) is 0 Å². The van der Waals surface area contributed by atoms with E-state index >= 15 is 0 Å². The number of nitrogens with one attached hydrogen (secondary N) is 1. The maximum absolute atomic E-state index is 13.4. The van der Waals surface area contributed by atoms with Crippen LogP contribution in [0.1, 0.15) is 46.1 Å². The summed E-state index contributed by atoms with van der Waals surface area (Å²) in [6, 6.07) is 11.8. The lowest BCUT2D eigenvalue weighted by atomic mass is 10.1. The highest BCUT2D eigenvalue weighted by Crippen LogP contribution is 2.34. The van der Waals surface area contributed by atoms with Crippen molar-refractivity contribution in [3.63, 3.8) is 0 Å². The predicted octanol–water partition coefficient (Wildman–Crippen LogP) is 4.10. The van der Waals surface area contributed by atoms with Gasteiger partial charge in [0.05, 0.1) is 11.9 Å². The van der Waals surface area contributed by atoms with Crippen LogP contribution in [0.15, 0.2) is 46.9 Å². The Balaban J connectivity index is 1.75. The monoisotopic (exact) mass is 609 g/mol. The number of rotatable bonds is 10. The number of carbonyl (C=O) groups excluding carboxylic acids is 2. The number of carbonyl (C=O) groups is 2. The maximum Gasteiger partial charge on any atom is 0.242 e. The van der Waals surface area contributed by atoms with E-state index in [-0.39, 0.29) is 37.7 Å². The van der Waals surface area contributed by atoms with Crippen molar-refractivity contribution in [1.29, 1.82) is 0 Å². The molecule has 2 amide bonds. The first-order valence-electron chi connectivity index (χ1n) is 12.5. The minimum absolute atomic E-state index is 0.0672. The Morgan fingerprint density at radius 2 is 1.76 bits per heavy atom. The van der Waals surface area contributed by atoms with Gasteiger partial charge in [-0.05, 0) is 63.9 Å². The molecular weight excluding hydrogens is 574 g/mol. The van der Waals surface area contributed by atoms with E-state index in [1.807, 2.05) is 45.0 Å². The van der Waals surface area contributed by atoms with E-state index in [9.17, 15) is 18.0 Å². The second-order valence-electron chi connectivity index (χ2n) is 10.3. The van der Waals surface area contributed by atoms with Crippen LogP contribution in [0.2, 0.25) is 0 Å². The van der Waals surface area contributed by atoms with Crippen molar-refractivity contribution in [3.8, 4) is 11.5 Å². The van der Waals surface area contributed by atoms with Gasteiger partial charge in [-0.25, -0.2) is 8.42 Å². The summed E-state index contributed by atoms with van der Waals surface area (Å²) in [5.41, 5.74) is 0.861. The molecule has 1 aliphatic rings. The van der Waals surface area contributed by atoms with E-state index in [4.69, 9.17) is 9.47 Å². The topological polar surface area (TPSA) is 105 Å². The highest BCUT2D eigenvalue weighted by atomic mass is 79.9. The van der Waals surface area contributed by atoms with Gasteiger partial charge in [-0.3, -0.25) is 13.9 Å². The molecule has 0 fully saturated rings. The quantitative estimate of drug-likeness (QED) is 0.435. The van der Waals surface area contributed by atoms with Crippen molar-refractivity contribution in [2.24, 2.45) is 0 Å². The lowest BCUT2D eigenvalue weighted by Gasteiger charge is -2.32. The van der Waals surface area contributed by atoms with Crippen LogP contribution >= 0.6 is 15.9 Å². The molecule has 2 aromatic carbocycles. The second kappa shape index (κ2) is 12.4. The number of nitrogens with zero attached hydrogens (tertiary/aromatic N) is 2. The number of ether oxygens (including phenoxy) is 2. The number of anilines is 1. The molecule has 0 aliphatic carbocycles. The van der Waals surface area contributed by atoms with Crippen molar-refractivity contribution in [2.75, 3.05) is 30.3 Å². The van der Waals surface area contributed by atoms with Gasteiger partial charge in [0, 0.05) is 35.6 Å². The van der Waals surface area contributed by atoms with Crippen LogP contribution in [0.5, 0.6) is 11.5 Å². The van der Waals surface area contributed by atoms with Crippen molar-refractivity contribution in [1.82, 2.24) is 10.2 Å². The zero-order valence-electron chi connectivity index (χ0n) is 22.5. The molecule has 1 atom stereocenters. The van der Waals surface area contributed by atoms with Crippen molar-refractivity contribution in [3.05, 3.63) is 52.5 Å². The van der Waals surface area contributed by atoms with Gasteiger partial charge in [-0.15, -0.1) is 0 Å².